The van der Waals surface area contributed by atoms with E-state index in [2.05, 4.69) is 44.5 Å². The number of nitrogens with zero attached hydrogens (tertiary/aromatic N) is 3. The Balaban J connectivity index is 1.41. The van der Waals surface area contributed by atoms with Gasteiger partial charge >= 0.3 is 6.03 Å². The SMILES string of the molecule is CC[C@H](NC(=O)Nc1ccc(-c2ccccc2)cc1)c1nnc2n1CCCCC2. The van der Waals surface area contributed by atoms with Crippen molar-refractivity contribution in [3.05, 3.63) is 66.2 Å². The molecule has 2 amide bonds. The Kier molecular flexibility index (Phi) is 5.89. The van der Waals surface area contributed by atoms with Crippen LogP contribution < -0.4 is 10.6 Å². The fraction of sp³-hybridized carbons (Fsp3) is 0.348. The zero-order valence-corrected chi connectivity index (χ0v) is 16.8. The van der Waals surface area contributed by atoms with Crippen LogP contribution in [0.25, 0.3) is 11.1 Å². The monoisotopic (exact) mass is 389 g/mol. The minimum atomic E-state index is -0.227. The van der Waals surface area contributed by atoms with Crippen molar-refractivity contribution in [2.75, 3.05) is 5.32 Å². The highest BCUT2D eigenvalue weighted by Gasteiger charge is 2.22. The van der Waals surface area contributed by atoms with Gasteiger partial charge in [-0.2, -0.15) is 0 Å². The summed E-state index contributed by atoms with van der Waals surface area (Å²) in [5, 5.41) is 14.7. The van der Waals surface area contributed by atoms with Crippen LogP contribution >= 0.6 is 0 Å². The first kappa shape index (κ1) is 19.2. The summed E-state index contributed by atoms with van der Waals surface area (Å²) in [4.78, 5) is 12.6. The fourth-order valence-corrected chi connectivity index (χ4v) is 3.82. The molecule has 2 aromatic carbocycles. The highest BCUT2D eigenvalue weighted by atomic mass is 16.2. The molecule has 0 radical (unpaired) electrons. The molecule has 6 heteroatoms. The summed E-state index contributed by atoms with van der Waals surface area (Å²) in [7, 11) is 0. The van der Waals surface area contributed by atoms with Gasteiger partial charge in [0, 0.05) is 18.7 Å². The van der Waals surface area contributed by atoms with Gasteiger partial charge in [-0.15, -0.1) is 10.2 Å². The first-order valence-corrected chi connectivity index (χ1v) is 10.4. The van der Waals surface area contributed by atoms with Gasteiger partial charge < -0.3 is 15.2 Å². The van der Waals surface area contributed by atoms with Crippen molar-refractivity contribution in [2.45, 2.75) is 51.6 Å². The molecule has 0 fully saturated rings. The highest BCUT2D eigenvalue weighted by Crippen LogP contribution is 2.22. The Morgan fingerprint density at radius 1 is 1.00 bits per heavy atom. The molecule has 1 aliphatic rings. The van der Waals surface area contributed by atoms with Crippen molar-refractivity contribution in [1.82, 2.24) is 20.1 Å². The first-order valence-electron chi connectivity index (χ1n) is 10.4. The molecule has 0 bridgehead atoms. The number of carbonyl (C=O) groups is 1. The van der Waals surface area contributed by atoms with Crippen LogP contribution in [0, 0.1) is 0 Å². The quantitative estimate of drug-likeness (QED) is 0.649. The van der Waals surface area contributed by atoms with Crippen LogP contribution in [0.4, 0.5) is 10.5 Å². The van der Waals surface area contributed by atoms with E-state index in [9.17, 15) is 4.79 Å². The van der Waals surface area contributed by atoms with Gasteiger partial charge in [0.15, 0.2) is 5.82 Å². The molecule has 0 saturated heterocycles. The van der Waals surface area contributed by atoms with Gasteiger partial charge in [-0.25, -0.2) is 4.79 Å². The van der Waals surface area contributed by atoms with E-state index in [4.69, 9.17) is 0 Å². The summed E-state index contributed by atoms with van der Waals surface area (Å²) < 4.78 is 2.19. The Morgan fingerprint density at radius 3 is 2.52 bits per heavy atom. The molecular formula is C23H27N5O. The van der Waals surface area contributed by atoms with Crippen molar-refractivity contribution >= 4 is 11.7 Å². The van der Waals surface area contributed by atoms with Crippen LogP contribution in [-0.4, -0.2) is 20.8 Å². The van der Waals surface area contributed by atoms with Crippen LogP contribution in [0.2, 0.25) is 0 Å². The summed E-state index contributed by atoms with van der Waals surface area (Å²) in [6, 6.07) is 17.7. The number of rotatable bonds is 5. The van der Waals surface area contributed by atoms with Gasteiger partial charge in [0.25, 0.3) is 0 Å². The predicted octanol–water partition coefficient (Wildman–Crippen LogP) is 4.94. The van der Waals surface area contributed by atoms with E-state index < -0.39 is 0 Å². The molecule has 6 nitrogen and oxygen atoms in total. The lowest BCUT2D eigenvalue weighted by Crippen LogP contribution is -2.34. The Morgan fingerprint density at radius 2 is 1.76 bits per heavy atom. The number of hydrogen-bond acceptors (Lipinski definition) is 3. The maximum absolute atomic E-state index is 12.6. The lowest BCUT2D eigenvalue weighted by atomic mass is 10.1. The average molecular weight is 390 g/mol. The number of aryl methyl sites for hydroxylation is 1. The van der Waals surface area contributed by atoms with Crippen LogP contribution in [0.5, 0.6) is 0 Å². The minimum absolute atomic E-state index is 0.155. The summed E-state index contributed by atoms with van der Waals surface area (Å²) in [5.74, 6) is 1.90. The molecule has 29 heavy (non-hydrogen) atoms. The Labute approximate surface area is 171 Å². The normalized spacial score (nSPS) is 14.5. The number of hydrogen-bond donors (Lipinski definition) is 2. The summed E-state index contributed by atoms with van der Waals surface area (Å²) in [6.45, 7) is 2.98. The number of fused-ring (bicyclic) bond motifs is 1. The van der Waals surface area contributed by atoms with Crippen molar-refractivity contribution < 1.29 is 4.79 Å². The zero-order valence-electron chi connectivity index (χ0n) is 16.8. The van der Waals surface area contributed by atoms with Crippen LogP contribution in [0.15, 0.2) is 54.6 Å². The van der Waals surface area contributed by atoms with Gasteiger partial charge in [0.1, 0.15) is 5.82 Å². The molecule has 0 unspecified atom stereocenters. The van der Waals surface area contributed by atoms with E-state index in [0.29, 0.717) is 0 Å². The molecule has 3 aromatic rings. The Hall–Kier alpha value is -3.15. The van der Waals surface area contributed by atoms with Crippen molar-refractivity contribution in [2.24, 2.45) is 0 Å². The summed E-state index contributed by atoms with van der Waals surface area (Å²) in [5.41, 5.74) is 3.04. The number of benzene rings is 2. The lowest BCUT2D eigenvalue weighted by molar-refractivity contribution is 0.247. The molecule has 1 aromatic heterocycles. The molecule has 1 atom stereocenters. The van der Waals surface area contributed by atoms with Crippen molar-refractivity contribution in [3.63, 3.8) is 0 Å². The van der Waals surface area contributed by atoms with E-state index in [1.807, 2.05) is 42.5 Å². The number of anilines is 1. The molecule has 2 heterocycles. The van der Waals surface area contributed by atoms with E-state index >= 15 is 0 Å². The largest absolute Gasteiger partial charge is 0.328 e. The van der Waals surface area contributed by atoms with Gasteiger partial charge in [-0.05, 0) is 42.5 Å². The maximum Gasteiger partial charge on any atom is 0.319 e. The zero-order chi connectivity index (χ0) is 20.1. The molecule has 2 N–H and O–H groups in total. The lowest BCUT2D eigenvalue weighted by Gasteiger charge is -2.18. The average Bonchev–Trinajstić information content (AvgIpc) is 3.01. The molecule has 0 spiro atoms. The molecule has 1 aliphatic heterocycles. The van der Waals surface area contributed by atoms with E-state index in [0.717, 1.165) is 60.7 Å². The van der Waals surface area contributed by atoms with Crippen molar-refractivity contribution in [1.29, 1.82) is 0 Å². The second kappa shape index (κ2) is 8.90. The second-order valence-corrected chi connectivity index (χ2v) is 7.44. The van der Waals surface area contributed by atoms with Gasteiger partial charge in [0.2, 0.25) is 0 Å². The third kappa shape index (κ3) is 4.47. The van der Waals surface area contributed by atoms with E-state index in [-0.39, 0.29) is 12.1 Å². The molecule has 0 saturated carbocycles. The molecule has 150 valence electrons. The molecule has 4 rings (SSSR count). The number of carbonyl (C=O) groups excluding carboxylic acids is 1. The molecular weight excluding hydrogens is 362 g/mol. The molecule has 0 aliphatic carbocycles. The van der Waals surface area contributed by atoms with Gasteiger partial charge in [0.05, 0.1) is 6.04 Å². The standard InChI is InChI=1S/C23H27N5O/c1-2-20(22-27-26-21-11-7-4-8-16-28(21)22)25-23(29)24-19-14-12-18(13-15-19)17-9-5-3-6-10-17/h3,5-6,9-10,12-15,20H,2,4,7-8,11,16H2,1H3,(H2,24,25,29)/t20-/m0/s1. The maximum atomic E-state index is 12.6. The van der Waals surface area contributed by atoms with Gasteiger partial charge in [-0.1, -0.05) is 55.8 Å². The first-order chi connectivity index (χ1) is 14.2. The summed E-state index contributed by atoms with van der Waals surface area (Å²) in [6.07, 6.45) is 5.23. The topological polar surface area (TPSA) is 71.8 Å². The van der Waals surface area contributed by atoms with Crippen LogP contribution in [0.3, 0.4) is 0 Å². The third-order valence-corrected chi connectivity index (χ3v) is 5.41. The second-order valence-electron chi connectivity index (χ2n) is 7.44. The highest BCUT2D eigenvalue weighted by molar-refractivity contribution is 5.89. The smallest absolute Gasteiger partial charge is 0.319 e. The Bertz CT molecular complexity index is 949. The van der Waals surface area contributed by atoms with Crippen molar-refractivity contribution in [3.8, 4) is 11.1 Å². The minimum Gasteiger partial charge on any atom is -0.328 e. The number of aromatic nitrogens is 3. The van der Waals surface area contributed by atoms with Crippen LogP contribution in [-0.2, 0) is 13.0 Å². The van der Waals surface area contributed by atoms with Crippen LogP contribution in [0.1, 0.15) is 50.3 Å². The number of urea groups is 1. The fourth-order valence-electron chi connectivity index (χ4n) is 3.82. The van der Waals surface area contributed by atoms with Gasteiger partial charge in [-0.3, -0.25) is 0 Å². The third-order valence-electron chi connectivity index (χ3n) is 5.41. The predicted molar refractivity (Wildman–Crippen MR) is 115 cm³/mol. The summed E-state index contributed by atoms with van der Waals surface area (Å²) >= 11 is 0. The van der Waals surface area contributed by atoms with E-state index in [1.165, 1.54) is 6.42 Å². The number of amides is 2. The number of nitrogens with one attached hydrogen (secondary N) is 2. The van der Waals surface area contributed by atoms with E-state index in [1.54, 1.807) is 0 Å².